The van der Waals surface area contributed by atoms with Gasteiger partial charge in [-0.1, -0.05) is 13.8 Å². The Morgan fingerprint density at radius 3 is 2.28 bits per heavy atom. The van der Waals surface area contributed by atoms with Gasteiger partial charge in [0.2, 0.25) is 0 Å². The van der Waals surface area contributed by atoms with E-state index in [0.717, 1.165) is 44.0 Å². The van der Waals surface area contributed by atoms with Gasteiger partial charge in [-0.3, -0.25) is 9.47 Å². The third-order valence-corrected chi connectivity index (χ3v) is 7.82. The van der Waals surface area contributed by atoms with E-state index in [1.54, 1.807) is 10.6 Å². The van der Waals surface area contributed by atoms with Crippen LogP contribution in [0.2, 0.25) is 0 Å². The number of aromatic nitrogens is 2. The van der Waals surface area contributed by atoms with Gasteiger partial charge >= 0.3 is 5.69 Å². The predicted octanol–water partition coefficient (Wildman–Crippen LogP) is 2.31. The minimum absolute atomic E-state index is 0.0586. The second kappa shape index (κ2) is 9.89. The summed E-state index contributed by atoms with van der Waals surface area (Å²) in [4.78, 5) is 30.3. The summed E-state index contributed by atoms with van der Waals surface area (Å²) in [6.07, 6.45) is 6.34. The molecule has 0 aliphatic carbocycles. The zero-order valence-corrected chi connectivity index (χ0v) is 20.5. The Hall–Kier alpha value is -1.97. The average molecular weight is 465 g/mol. The van der Waals surface area contributed by atoms with Gasteiger partial charge in [-0.2, -0.15) is 0 Å². The number of benzene rings is 1. The van der Waals surface area contributed by atoms with Gasteiger partial charge in [-0.15, -0.1) is 0 Å². The lowest BCUT2D eigenvalue weighted by molar-refractivity contribution is -0.109. The number of aromatic amines is 1. The van der Waals surface area contributed by atoms with Crippen LogP contribution in [0.5, 0.6) is 0 Å². The number of piperidine rings is 2. The van der Waals surface area contributed by atoms with Crippen LogP contribution in [-0.2, 0) is 14.6 Å². The van der Waals surface area contributed by atoms with E-state index in [-0.39, 0.29) is 16.6 Å². The molecule has 0 radical (unpaired) electrons. The molecular weight excluding hydrogens is 428 g/mol. The zero-order chi connectivity index (χ0) is 23.5. The second-order valence-corrected chi connectivity index (χ2v) is 11.9. The number of aldehydes is 1. The molecule has 32 heavy (non-hydrogen) atoms. The fourth-order valence-electron chi connectivity index (χ4n) is 4.39. The lowest BCUT2D eigenvalue weighted by atomic mass is 9.83. The number of imidazole rings is 1. The molecule has 0 atom stereocenters. The highest BCUT2D eigenvalue weighted by Gasteiger charge is 2.24. The maximum absolute atomic E-state index is 12.3. The van der Waals surface area contributed by atoms with Gasteiger partial charge in [0.05, 0.1) is 22.5 Å². The van der Waals surface area contributed by atoms with Crippen molar-refractivity contribution in [3.05, 3.63) is 28.7 Å². The number of fused-ring (bicyclic) bond motifs is 1. The molecule has 4 rings (SSSR count). The monoisotopic (exact) mass is 464 g/mol. The Bertz CT molecular complexity index is 1080. The molecule has 2 aromatic rings. The van der Waals surface area contributed by atoms with E-state index in [0.29, 0.717) is 17.5 Å². The number of rotatable bonds is 4. The first kappa shape index (κ1) is 24.7. The van der Waals surface area contributed by atoms with Crippen molar-refractivity contribution in [1.29, 1.82) is 0 Å². The minimum Gasteiger partial charge on any atom is -0.306 e. The highest BCUT2D eigenvalue weighted by molar-refractivity contribution is 7.90. The van der Waals surface area contributed by atoms with E-state index in [4.69, 9.17) is 0 Å². The van der Waals surface area contributed by atoms with Gasteiger partial charge in [-0.25, -0.2) is 13.2 Å². The molecule has 2 aliphatic rings. The Morgan fingerprint density at radius 2 is 1.75 bits per heavy atom. The number of carbonyl (C=O) groups excluding carboxylic acids is 1. The van der Waals surface area contributed by atoms with Crippen LogP contribution in [0.3, 0.4) is 0 Å². The van der Waals surface area contributed by atoms with Gasteiger partial charge in [0, 0.05) is 25.4 Å². The van der Waals surface area contributed by atoms with Crippen LogP contribution in [0.4, 0.5) is 0 Å². The van der Waals surface area contributed by atoms with Crippen LogP contribution < -0.4 is 5.69 Å². The van der Waals surface area contributed by atoms with Crippen LogP contribution in [0.25, 0.3) is 11.0 Å². The van der Waals surface area contributed by atoms with Crippen LogP contribution in [0.1, 0.15) is 45.6 Å². The Kier molecular flexibility index (Phi) is 7.62. The van der Waals surface area contributed by atoms with E-state index < -0.39 is 9.84 Å². The SMILES string of the molecule is CN1CCC(C)(C)CC1.CS(=O)(=O)c1ccc2c(c1)[nH]c(=O)n2C1CCN(CC=O)CC1. The molecule has 0 saturated carbocycles. The summed E-state index contributed by atoms with van der Waals surface area (Å²) in [5.74, 6) is 0. The molecule has 178 valence electrons. The van der Waals surface area contributed by atoms with Crippen molar-refractivity contribution < 1.29 is 13.2 Å². The summed E-state index contributed by atoms with van der Waals surface area (Å²) in [6, 6.07) is 4.78. The third-order valence-electron chi connectivity index (χ3n) is 6.71. The fraction of sp³-hybridized carbons (Fsp3) is 0.652. The van der Waals surface area contributed by atoms with Gasteiger partial charge in [0.25, 0.3) is 0 Å². The number of hydrogen-bond acceptors (Lipinski definition) is 6. The molecule has 8 nitrogen and oxygen atoms in total. The summed E-state index contributed by atoms with van der Waals surface area (Å²) >= 11 is 0. The molecule has 9 heteroatoms. The first-order chi connectivity index (χ1) is 15.0. The maximum Gasteiger partial charge on any atom is 0.326 e. The smallest absolute Gasteiger partial charge is 0.306 e. The van der Waals surface area contributed by atoms with E-state index >= 15 is 0 Å². The van der Waals surface area contributed by atoms with Crippen LogP contribution in [0, 0.1) is 5.41 Å². The van der Waals surface area contributed by atoms with Crippen LogP contribution in [0.15, 0.2) is 27.9 Å². The minimum atomic E-state index is -3.31. The topological polar surface area (TPSA) is 95.5 Å². The standard InChI is InChI=1S/C15H19N3O4S.C8H17N/c1-23(21,22)12-2-3-14-13(10-12)16-15(20)18(14)11-4-6-17(7-5-11)8-9-19;1-8(2)4-6-9(3)7-5-8/h2-3,9-11H,4-8H2,1H3,(H,16,20);4-7H2,1-3H3. The molecule has 0 spiro atoms. The van der Waals surface area contributed by atoms with Gasteiger partial charge in [0.1, 0.15) is 6.29 Å². The van der Waals surface area contributed by atoms with Crippen LogP contribution >= 0.6 is 0 Å². The first-order valence-electron chi connectivity index (χ1n) is 11.3. The van der Waals surface area contributed by atoms with E-state index in [1.807, 2.05) is 0 Å². The zero-order valence-electron chi connectivity index (χ0n) is 19.6. The number of likely N-dealkylation sites (tertiary alicyclic amines) is 2. The summed E-state index contributed by atoms with van der Waals surface area (Å²) in [6.45, 7) is 9.25. The van der Waals surface area contributed by atoms with E-state index in [9.17, 15) is 18.0 Å². The van der Waals surface area contributed by atoms with E-state index in [2.05, 4.69) is 35.7 Å². The predicted molar refractivity (Wildman–Crippen MR) is 127 cm³/mol. The molecule has 1 N–H and O–H groups in total. The molecule has 2 fully saturated rings. The largest absolute Gasteiger partial charge is 0.326 e. The van der Waals surface area contributed by atoms with Crippen molar-refractivity contribution in [3.8, 4) is 0 Å². The quantitative estimate of drug-likeness (QED) is 0.698. The highest BCUT2D eigenvalue weighted by Crippen LogP contribution is 2.28. The summed E-state index contributed by atoms with van der Waals surface area (Å²) < 4.78 is 25.0. The molecule has 0 unspecified atom stereocenters. The summed E-state index contributed by atoms with van der Waals surface area (Å²) in [7, 11) is -1.10. The average Bonchev–Trinajstić information content (AvgIpc) is 3.06. The number of carbonyl (C=O) groups is 1. The van der Waals surface area contributed by atoms with Crippen LogP contribution in [-0.4, -0.2) is 80.1 Å². The summed E-state index contributed by atoms with van der Waals surface area (Å²) in [5, 5.41) is 0. The fourth-order valence-corrected chi connectivity index (χ4v) is 5.04. The number of H-pyrrole nitrogens is 1. The summed E-state index contributed by atoms with van der Waals surface area (Å²) in [5.41, 5.74) is 1.65. The van der Waals surface area contributed by atoms with Crippen molar-refractivity contribution in [2.24, 2.45) is 5.41 Å². The molecule has 2 aliphatic heterocycles. The van der Waals surface area contributed by atoms with Crippen molar-refractivity contribution >= 4 is 27.2 Å². The van der Waals surface area contributed by atoms with Crippen molar-refractivity contribution in [1.82, 2.24) is 19.4 Å². The van der Waals surface area contributed by atoms with Crippen molar-refractivity contribution in [2.45, 2.75) is 50.5 Å². The number of nitrogens with zero attached hydrogens (tertiary/aromatic N) is 3. The maximum atomic E-state index is 12.3. The van der Waals surface area contributed by atoms with E-state index in [1.165, 1.54) is 38.1 Å². The number of hydrogen-bond donors (Lipinski definition) is 1. The third kappa shape index (κ3) is 6.08. The second-order valence-electron chi connectivity index (χ2n) is 9.92. The van der Waals surface area contributed by atoms with Crippen molar-refractivity contribution in [2.75, 3.05) is 46.0 Å². The lowest BCUT2D eigenvalue weighted by Gasteiger charge is -2.34. The molecule has 3 heterocycles. The highest BCUT2D eigenvalue weighted by atomic mass is 32.2. The Balaban J connectivity index is 0.000000269. The molecule has 2 saturated heterocycles. The molecule has 0 bridgehead atoms. The van der Waals surface area contributed by atoms with Gasteiger partial charge < -0.3 is 14.7 Å². The molecular formula is C23H36N4O4S. The molecule has 0 amide bonds. The Labute approximate surface area is 190 Å². The van der Waals surface area contributed by atoms with Gasteiger partial charge in [-0.05, 0) is 69.4 Å². The Morgan fingerprint density at radius 1 is 1.12 bits per heavy atom. The molecule has 1 aromatic heterocycles. The van der Waals surface area contributed by atoms with Gasteiger partial charge in [0.15, 0.2) is 9.84 Å². The number of nitrogens with one attached hydrogen (secondary N) is 1. The molecule has 1 aromatic carbocycles. The first-order valence-corrected chi connectivity index (χ1v) is 13.2. The normalized spacial score (nSPS) is 20.6. The lowest BCUT2D eigenvalue weighted by Crippen LogP contribution is -2.37. The van der Waals surface area contributed by atoms with Crippen molar-refractivity contribution in [3.63, 3.8) is 0 Å². The number of sulfone groups is 1.